The van der Waals surface area contributed by atoms with Gasteiger partial charge in [0, 0.05) is 26.3 Å². The van der Waals surface area contributed by atoms with Gasteiger partial charge in [-0.1, -0.05) is 0 Å². The molecule has 0 aliphatic rings. The van der Waals surface area contributed by atoms with Crippen LogP contribution in [0.3, 0.4) is 0 Å². The predicted octanol–water partition coefficient (Wildman–Crippen LogP) is 0.809. The molecule has 8 nitrogen and oxygen atoms in total. The molecule has 0 saturated carbocycles. The van der Waals surface area contributed by atoms with Gasteiger partial charge in [0.05, 0.1) is 17.0 Å². The first-order valence-corrected chi connectivity index (χ1v) is 8.69. The molecule has 0 radical (unpaired) electrons. The predicted molar refractivity (Wildman–Crippen MR) is 83.7 cm³/mol. The second-order valence-electron chi connectivity index (χ2n) is 4.75. The Morgan fingerprint density at radius 2 is 1.91 bits per heavy atom. The number of hydrogen-bond acceptors (Lipinski definition) is 6. The third kappa shape index (κ3) is 3.99. The van der Waals surface area contributed by atoms with Crippen molar-refractivity contribution in [2.45, 2.75) is 25.0 Å². The maximum Gasteiger partial charge on any atom is 0.419 e. The molecule has 0 unspecified atom stereocenters. The van der Waals surface area contributed by atoms with Gasteiger partial charge in [-0.05, 0) is 26.0 Å². The van der Waals surface area contributed by atoms with Gasteiger partial charge in [0.1, 0.15) is 0 Å². The van der Waals surface area contributed by atoms with E-state index in [1.165, 1.54) is 22.8 Å². The van der Waals surface area contributed by atoms with Crippen molar-refractivity contribution in [3.8, 4) is 0 Å². The molecular weight excluding hydrogens is 324 g/mol. The molecular formula is C14H20N2O6S. The summed E-state index contributed by atoms with van der Waals surface area (Å²) in [6.07, 6.45) is -0.654. The van der Waals surface area contributed by atoms with Crippen LogP contribution in [0.2, 0.25) is 0 Å². The summed E-state index contributed by atoms with van der Waals surface area (Å²) in [6.45, 7) is 4.40. The van der Waals surface area contributed by atoms with Gasteiger partial charge < -0.3 is 13.9 Å². The molecule has 0 fully saturated rings. The van der Waals surface area contributed by atoms with E-state index in [2.05, 4.69) is 4.72 Å². The monoisotopic (exact) mass is 344 g/mol. The van der Waals surface area contributed by atoms with Crippen LogP contribution >= 0.6 is 0 Å². The number of hydrogen-bond donors (Lipinski definition) is 1. The molecule has 128 valence electrons. The van der Waals surface area contributed by atoms with Gasteiger partial charge in [-0.15, -0.1) is 0 Å². The summed E-state index contributed by atoms with van der Waals surface area (Å²) in [7, 11) is -2.22. The third-order valence-corrected chi connectivity index (χ3v) is 4.64. The summed E-state index contributed by atoms with van der Waals surface area (Å²) >= 11 is 0. The Morgan fingerprint density at radius 1 is 1.26 bits per heavy atom. The van der Waals surface area contributed by atoms with Gasteiger partial charge in [0.2, 0.25) is 10.0 Å². The highest BCUT2D eigenvalue weighted by Crippen LogP contribution is 2.17. The highest BCUT2D eigenvalue weighted by molar-refractivity contribution is 7.89. The summed E-state index contributed by atoms with van der Waals surface area (Å²) in [5.41, 5.74) is 0.738. The maximum absolute atomic E-state index is 12.3. The average molecular weight is 344 g/mol. The lowest BCUT2D eigenvalue weighted by atomic mass is 10.3. The molecule has 1 aromatic heterocycles. The summed E-state index contributed by atoms with van der Waals surface area (Å²) in [6, 6.07) is 4.25. The van der Waals surface area contributed by atoms with E-state index in [0.717, 1.165) is 0 Å². The molecule has 0 amide bonds. The van der Waals surface area contributed by atoms with E-state index < -0.39 is 22.1 Å². The number of aromatic nitrogens is 1. The zero-order valence-corrected chi connectivity index (χ0v) is 14.1. The fraction of sp³-hybridized carbons (Fsp3) is 0.500. The third-order valence-electron chi connectivity index (χ3n) is 3.22. The van der Waals surface area contributed by atoms with Gasteiger partial charge in [0.15, 0.2) is 11.9 Å². The zero-order chi connectivity index (χ0) is 17.0. The van der Waals surface area contributed by atoms with Crippen LogP contribution in [0.15, 0.2) is 32.3 Å². The molecule has 0 bridgehead atoms. The molecule has 9 heteroatoms. The van der Waals surface area contributed by atoms with Crippen LogP contribution in [0, 0.1) is 0 Å². The number of nitrogens with zero attached hydrogens (tertiary/aromatic N) is 1. The Morgan fingerprint density at radius 3 is 2.52 bits per heavy atom. The molecule has 1 N–H and O–H groups in total. The molecule has 0 saturated heterocycles. The van der Waals surface area contributed by atoms with E-state index in [4.69, 9.17) is 13.9 Å². The molecule has 0 aliphatic carbocycles. The molecule has 2 aromatic rings. The fourth-order valence-electron chi connectivity index (χ4n) is 2.08. The van der Waals surface area contributed by atoms with E-state index >= 15 is 0 Å². The molecule has 2 rings (SSSR count). The van der Waals surface area contributed by atoms with Crippen molar-refractivity contribution in [3.63, 3.8) is 0 Å². The zero-order valence-electron chi connectivity index (χ0n) is 13.2. The van der Waals surface area contributed by atoms with Gasteiger partial charge in [-0.25, -0.2) is 17.9 Å². The van der Waals surface area contributed by atoms with E-state index in [1.54, 1.807) is 20.9 Å². The topological polar surface area (TPSA) is 99.8 Å². The number of ether oxygens (including phenoxy) is 2. The van der Waals surface area contributed by atoms with Crippen molar-refractivity contribution < 1.29 is 22.3 Å². The Labute approximate surface area is 134 Å². The highest BCUT2D eigenvalue weighted by Gasteiger charge is 2.19. The van der Waals surface area contributed by atoms with Crippen LogP contribution < -0.4 is 10.5 Å². The van der Waals surface area contributed by atoms with Crippen molar-refractivity contribution in [3.05, 3.63) is 28.7 Å². The fourth-order valence-corrected chi connectivity index (χ4v) is 3.11. The summed E-state index contributed by atoms with van der Waals surface area (Å²) in [5, 5.41) is 0. The van der Waals surface area contributed by atoms with Crippen LogP contribution in [0.4, 0.5) is 0 Å². The molecule has 23 heavy (non-hydrogen) atoms. The second kappa shape index (κ2) is 7.26. The number of sulfonamides is 1. The largest absolute Gasteiger partial charge is 0.419 e. The molecule has 0 atom stereocenters. The van der Waals surface area contributed by atoms with Crippen LogP contribution in [0.1, 0.15) is 13.8 Å². The normalized spacial score (nSPS) is 12.3. The first kappa shape index (κ1) is 17.7. The number of nitrogens with one attached hydrogen (secondary N) is 1. The van der Waals surface area contributed by atoms with Crippen LogP contribution in [0.5, 0.6) is 0 Å². The summed E-state index contributed by atoms with van der Waals surface area (Å²) in [5.74, 6) is -0.546. The summed E-state index contributed by atoms with van der Waals surface area (Å²) in [4.78, 5) is 11.5. The van der Waals surface area contributed by atoms with Crippen molar-refractivity contribution in [2.75, 3.05) is 19.8 Å². The van der Waals surface area contributed by atoms with E-state index in [-0.39, 0.29) is 17.0 Å². The van der Waals surface area contributed by atoms with Crippen molar-refractivity contribution in [1.29, 1.82) is 0 Å². The minimum absolute atomic E-state index is 0.00565. The van der Waals surface area contributed by atoms with Crippen molar-refractivity contribution >= 4 is 21.1 Å². The van der Waals surface area contributed by atoms with Gasteiger partial charge in [-0.3, -0.25) is 4.57 Å². The average Bonchev–Trinajstić information content (AvgIpc) is 2.80. The Kier molecular flexibility index (Phi) is 5.58. The lowest BCUT2D eigenvalue weighted by Gasteiger charge is -2.17. The van der Waals surface area contributed by atoms with Gasteiger partial charge in [0.25, 0.3) is 0 Å². The Bertz CT molecular complexity index is 817. The minimum Gasteiger partial charge on any atom is -0.408 e. The van der Waals surface area contributed by atoms with Crippen LogP contribution in [-0.2, 0) is 26.5 Å². The standard InChI is InChI=1S/C14H20N2O6S/c1-4-20-13(21-5-2)9-15-23(18,19)10-6-7-11-12(8-10)22-14(17)16(11)3/h6-8,13,15H,4-5,9H2,1-3H3. The minimum atomic E-state index is -3.77. The van der Waals surface area contributed by atoms with Gasteiger partial charge in [-0.2, -0.15) is 0 Å². The van der Waals surface area contributed by atoms with Crippen LogP contribution in [0.25, 0.3) is 11.1 Å². The number of rotatable bonds is 8. The van der Waals surface area contributed by atoms with E-state index in [9.17, 15) is 13.2 Å². The van der Waals surface area contributed by atoms with Gasteiger partial charge >= 0.3 is 5.76 Å². The van der Waals surface area contributed by atoms with E-state index in [1.807, 2.05) is 0 Å². The Hall–Kier alpha value is -1.68. The van der Waals surface area contributed by atoms with Crippen LogP contribution in [-0.4, -0.2) is 39.0 Å². The SMILES string of the molecule is CCOC(CNS(=O)(=O)c1ccc2c(c1)oc(=O)n2C)OCC. The molecule has 0 aliphatic heterocycles. The lowest BCUT2D eigenvalue weighted by molar-refractivity contribution is -0.130. The number of fused-ring (bicyclic) bond motifs is 1. The molecule has 0 spiro atoms. The molecule has 1 aromatic carbocycles. The number of aryl methyl sites for hydroxylation is 1. The van der Waals surface area contributed by atoms with Crippen molar-refractivity contribution in [1.82, 2.24) is 9.29 Å². The van der Waals surface area contributed by atoms with Crippen molar-refractivity contribution in [2.24, 2.45) is 7.05 Å². The maximum atomic E-state index is 12.3. The lowest BCUT2D eigenvalue weighted by Crippen LogP contribution is -2.35. The smallest absolute Gasteiger partial charge is 0.408 e. The first-order valence-electron chi connectivity index (χ1n) is 7.21. The quantitative estimate of drug-likeness (QED) is 0.711. The second-order valence-corrected chi connectivity index (χ2v) is 6.52. The highest BCUT2D eigenvalue weighted by atomic mass is 32.2. The molecule has 1 heterocycles. The van der Waals surface area contributed by atoms with E-state index in [0.29, 0.717) is 18.7 Å². The number of oxazole rings is 1. The number of benzene rings is 1. The summed E-state index contributed by atoms with van der Waals surface area (Å²) < 4.78 is 44.0. The first-order chi connectivity index (χ1) is 10.9. The Balaban J connectivity index is 2.20.